The van der Waals surface area contributed by atoms with Crippen molar-refractivity contribution in [2.45, 2.75) is 81.8 Å². The van der Waals surface area contributed by atoms with Gasteiger partial charge in [-0.05, 0) is 57.3 Å². The normalized spacial score (nSPS) is 39.3. The highest BCUT2D eigenvalue weighted by Crippen LogP contribution is 2.43. The van der Waals surface area contributed by atoms with Crippen molar-refractivity contribution in [3.8, 4) is 0 Å². The molecule has 0 bridgehead atoms. The summed E-state index contributed by atoms with van der Waals surface area (Å²) in [6, 6.07) is 0.164. The van der Waals surface area contributed by atoms with Crippen molar-refractivity contribution in [3.63, 3.8) is 0 Å². The van der Waals surface area contributed by atoms with Crippen molar-refractivity contribution < 1.29 is 31.1 Å². The summed E-state index contributed by atoms with van der Waals surface area (Å²) in [5.74, 6) is -0.566. The van der Waals surface area contributed by atoms with E-state index in [1.54, 1.807) is 0 Å². The molecule has 0 aromatic carbocycles. The van der Waals surface area contributed by atoms with Gasteiger partial charge in [0.2, 0.25) is 10.0 Å². The third-order valence-corrected chi connectivity index (χ3v) is 8.40. The van der Waals surface area contributed by atoms with E-state index in [1.807, 2.05) is 0 Å². The van der Waals surface area contributed by atoms with E-state index in [2.05, 4.69) is 15.2 Å². The Kier molecular flexibility index (Phi) is 7.73. The van der Waals surface area contributed by atoms with Gasteiger partial charge in [-0.25, -0.2) is 23.6 Å². The minimum Gasteiger partial charge on any atom is -0.381 e. The largest absolute Gasteiger partial charge is 0.391 e. The average Bonchev–Trinajstić information content (AvgIpc) is 3.37. The molecule has 2 saturated heterocycles. The summed E-state index contributed by atoms with van der Waals surface area (Å²) in [4.78, 5) is 0. The van der Waals surface area contributed by atoms with Crippen LogP contribution in [0.1, 0.15) is 51.4 Å². The summed E-state index contributed by atoms with van der Waals surface area (Å²) in [6.07, 6.45) is 2.15. The number of hydrogen-bond acceptors (Lipinski definition) is 6. The van der Waals surface area contributed by atoms with E-state index < -0.39 is 22.1 Å². The molecule has 11 heteroatoms. The van der Waals surface area contributed by atoms with Crippen LogP contribution in [0.15, 0.2) is 0 Å². The molecule has 2 heterocycles. The molecule has 2 aliphatic carbocycles. The van der Waals surface area contributed by atoms with Crippen LogP contribution in [0.3, 0.4) is 0 Å². The molecule has 5 atom stereocenters. The second-order valence-electron chi connectivity index (χ2n) is 10.0. The lowest BCUT2D eigenvalue weighted by atomic mass is 9.78. The van der Waals surface area contributed by atoms with E-state index in [-0.39, 0.29) is 49.5 Å². The van der Waals surface area contributed by atoms with Gasteiger partial charge < -0.3 is 9.47 Å². The third kappa shape index (κ3) is 6.15. The van der Waals surface area contributed by atoms with Gasteiger partial charge in [0.15, 0.2) is 0 Å². The first-order valence-corrected chi connectivity index (χ1v) is 13.7. The van der Waals surface area contributed by atoms with Gasteiger partial charge >= 0.3 is 6.18 Å². The molecule has 4 aliphatic rings. The van der Waals surface area contributed by atoms with Gasteiger partial charge in [0, 0.05) is 37.2 Å². The second-order valence-corrected chi connectivity index (χ2v) is 11.9. The lowest BCUT2D eigenvalue weighted by molar-refractivity contribution is -0.185. The zero-order valence-electron chi connectivity index (χ0n) is 18.6. The van der Waals surface area contributed by atoms with Crippen LogP contribution in [0.5, 0.6) is 0 Å². The topological polar surface area (TPSA) is 79.9 Å². The molecule has 0 aromatic heterocycles. The lowest BCUT2D eigenvalue weighted by Crippen LogP contribution is -2.50. The smallest absolute Gasteiger partial charge is 0.381 e. The van der Waals surface area contributed by atoms with Crippen molar-refractivity contribution in [1.29, 1.82) is 0 Å². The van der Waals surface area contributed by atoms with Gasteiger partial charge in [0.1, 0.15) is 0 Å². The van der Waals surface area contributed by atoms with Gasteiger partial charge in [-0.2, -0.15) is 13.2 Å². The SMILES string of the molecule is CS(=O)(=O)NCC1NN(C2CCC(C(F)(F)F)CC2)C2CCC(OCC3CCOC3)CC12. The summed E-state index contributed by atoms with van der Waals surface area (Å²) in [5, 5.41) is 2.17. The quantitative estimate of drug-likeness (QED) is 0.579. The maximum atomic E-state index is 13.1. The van der Waals surface area contributed by atoms with E-state index in [4.69, 9.17) is 9.47 Å². The maximum Gasteiger partial charge on any atom is 0.391 e. The molecule has 2 aliphatic heterocycles. The van der Waals surface area contributed by atoms with E-state index in [1.165, 1.54) is 0 Å². The number of nitrogens with one attached hydrogen (secondary N) is 2. The van der Waals surface area contributed by atoms with Gasteiger partial charge in [-0.15, -0.1) is 0 Å². The predicted molar refractivity (Wildman–Crippen MR) is 113 cm³/mol. The van der Waals surface area contributed by atoms with Crippen LogP contribution in [0.2, 0.25) is 0 Å². The number of ether oxygens (including phenoxy) is 2. The fourth-order valence-corrected chi connectivity index (χ4v) is 6.43. The molecule has 0 spiro atoms. The summed E-state index contributed by atoms with van der Waals surface area (Å²) < 4.78 is 76.9. The lowest BCUT2D eigenvalue weighted by Gasteiger charge is -2.41. The number of hydrazine groups is 1. The number of halogens is 3. The van der Waals surface area contributed by atoms with Crippen LogP contribution in [-0.2, 0) is 19.5 Å². The Morgan fingerprint density at radius 1 is 1.12 bits per heavy atom. The third-order valence-electron chi connectivity index (χ3n) is 7.71. The van der Waals surface area contributed by atoms with Gasteiger partial charge in [-0.1, -0.05) is 0 Å². The Bertz CT molecular complexity index is 724. The Morgan fingerprint density at radius 3 is 2.50 bits per heavy atom. The van der Waals surface area contributed by atoms with Crippen LogP contribution in [-0.4, -0.2) is 76.5 Å². The Labute approximate surface area is 188 Å². The van der Waals surface area contributed by atoms with Crippen LogP contribution in [0, 0.1) is 17.8 Å². The standard InChI is InChI=1S/C21H36F3N3O4S/c1-32(28,29)25-11-19-18-10-17(31-13-14-8-9-30-12-14)6-7-20(18)27(26-19)16-4-2-15(3-5-16)21(22,23)24/h14-20,25-26H,2-13H2,1H3. The summed E-state index contributed by atoms with van der Waals surface area (Å²) in [6.45, 7) is 2.50. The van der Waals surface area contributed by atoms with Gasteiger partial charge in [-0.3, -0.25) is 0 Å². The number of nitrogens with zero attached hydrogens (tertiary/aromatic N) is 1. The Hall–Kier alpha value is -0.460. The minimum atomic E-state index is -4.12. The molecule has 186 valence electrons. The Morgan fingerprint density at radius 2 is 1.88 bits per heavy atom. The monoisotopic (exact) mass is 483 g/mol. The minimum absolute atomic E-state index is 0.0532. The van der Waals surface area contributed by atoms with Crippen LogP contribution >= 0.6 is 0 Å². The second kappa shape index (κ2) is 10.0. The van der Waals surface area contributed by atoms with E-state index in [0.717, 1.165) is 45.2 Å². The summed E-state index contributed by atoms with van der Waals surface area (Å²) >= 11 is 0. The highest BCUT2D eigenvalue weighted by atomic mass is 32.2. The van der Waals surface area contributed by atoms with Gasteiger partial charge in [0.25, 0.3) is 0 Å². The number of hydrogen-bond donors (Lipinski definition) is 2. The van der Waals surface area contributed by atoms with Crippen molar-refractivity contribution >= 4 is 10.0 Å². The van der Waals surface area contributed by atoms with Crippen molar-refractivity contribution in [3.05, 3.63) is 0 Å². The summed E-state index contributed by atoms with van der Waals surface area (Å²) in [5.41, 5.74) is 3.50. The fraction of sp³-hybridized carbons (Fsp3) is 1.00. The average molecular weight is 484 g/mol. The molecule has 4 fully saturated rings. The van der Waals surface area contributed by atoms with Crippen LogP contribution < -0.4 is 10.1 Å². The molecule has 4 rings (SSSR count). The van der Waals surface area contributed by atoms with Crippen molar-refractivity contribution in [2.75, 3.05) is 32.6 Å². The van der Waals surface area contributed by atoms with E-state index in [9.17, 15) is 21.6 Å². The molecule has 2 saturated carbocycles. The van der Waals surface area contributed by atoms with Gasteiger partial charge in [0.05, 0.1) is 31.5 Å². The number of sulfonamides is 1. The number of rotatable bonds is 7. The molecule has 7 nitrogen and oxygen atoms in total. The van der Waals surface area contributed by atoms with Crippen LogP contribution in [0.25, 0.3) is 0 Å². The number of fused-ring (bicyclic) bond motifs is 1. The number of alkyl halides is 3. The highest BCUT2D eigenvalue weighted by Gasteiger charge is 2.49. The first-order valence-electron chi connectivity index (χ1n) is 11.9. The molecule has 5 unspecified atom stereocenters. The van der Waals surface area contributed by atoms with E-state index in [0.29, 0.717) is 25.4 Å². The summed E-state index contributed by atoms with van der Waals surface area (Å²) in [7, 11) is -3.33. The maximum absolute atomic E-state index is 13.1. The Balaban J connectivity index is 1.38. The van der Waals surface area contributed by atoms with Crippen molar-refractivity contribution in [2.24, 2.45) is 17.8 Å². The fourth-order valence-electron chi connectivity index (χ4n) is 5.94. The molecule has 0 aromatic rings. The molecule has 0 amide bonds. The molecule has 0 radical (unpaired) electrons. The predicted octanol–water partition coefficient (Wildman–Crippen LogP) is 2.44. The first-order chi connectivity index (χ1) is 15.1. The first kappa shape index (κ1) is 24.7. The van der Waals surface area contributed by atoms with Crippen LogP contribution in [0.4, 0.5) is 13.2 Å². The zero-order chi connectivity index (χ0) is 22.9. The zero-order valence-corrected chi connectivity index (χ0v) is 19.5. The molecule has 2 N–H and O–H groups in total. The highest BCUT2D eigenvalue weighted by molar-refractivity contribution is 7.88. The van der Waals surface area contributed by atoms with Crippen molar-refractivity contribution in [1.82, 2.24) is 15.2 Å². The van der Waals surface area contributed by atoms with E-state index >= 15 is 0 Å². The molecular formula is C21H36F3N3O4S. The molecule has 32 heavy (non-hydrogen) atoms. The molecular weight excluding hydrogens is 447 g/mol.